The molecule has 26 heavy (non-hydrogen) atoms. The van der Waals surface area contributed by atoms with Crippen LogP contribution < -0.4 is 10.7 Å². The molecule has 9 heteroatoms. The highest BCUT2D eigenvalue weighted by Gasteiger charge is 2.20. The van der Waals surface area contributed by atoms with E-state index in [1.165, 1.54) is 0 Å². The number of hydrogen-bond donors (Lipinski definition) is 2. The third kappa shape index (κ3) is 3.01. The topological polar surface area (TPSA) is 102 Å². The van der Waals surface area contributed by atoms with Crippen LogP contribution in [-0.4, -0.2) is 28.2 Å². The van der Waals surface area contributed by atoms with Gasteiger partial charge in [0.25, 0.3) is 10.0 Å². The van der Waals surface area contributed by atoms with Crippen LogP contribution in [0.4, 0.5) is 0 Å². The third-order valence-corrected chi connectivity index (χ3v) is 7.64. The van der Waals surface area contributed by atoms with E-state index in [0.29, 0.717) is 0 Å². The number of imidazole rings is 1. The molecule has 0 saturated heterocycles. The lowest BCUT2D eigenvalue weighted by Gasteiger charge is -2.07. The van der Waals surface area contributed by atoms with Crippen molar-refractivity contribution in [2.24, 2.45) is 5.84 Å². The fourth-order valence-corrected chi connectivity index (χ4v) is 5.73. The molecule has 3 aromatic rings. The van der Waals surface area contributed by atoms with Crippen molar-refractivity contribution in [2.45, 2.75) is 0 Å². The van der Waals surface area contributed by atoms with Crippen molar-refractivity contribution in [2.75, 3.05) is 0 Å². The van der Waals surface area contributed by atoms with Crippen LogP contribution in [0.2, 0.25) is 0 Å². The van der Waals surface area contributed by atoms with Crippen molar-refractivity contribution < 1.29 is 8.42 Å². The molecule has 1 unspecified atom stereocenters. The number of allylic oxidation sites excluding steroid dienone is 2. The van der Waals surface area contributed by atoms with E-state index in [4.69, 9.17) is 5.84 Å². The Hall–Kier alpha value is -2.59. The molecule has 0 saturated carbocycles. The number of nitrogens with one attached hydrogen (secondary N) is 1. The van der Waals surface area contributed by atoms with E-state index < -0.39 is 20.5 Å². The minimum Gasteiger partial charge on any atom is -0.299 e. The molecule has 1 atom stereocenters. The summed E-state index contributed by atoms with van der Waals surface area (Å²) in [7, 11) is -4.40. The molecule has 0 radical (unpaired) electrons. The van der Waals surface area contributed by atoms with Gasteiger partial charge in [-0.1, -0.05) is 12.1 Å². The second-order valence-corrected chi connectivity index (χ2v) is 9.13. The fraction of sp³-hybridized carbons (Fsp3) is 0. The Morgan fingerprint density at radius 3 is 2.85 bits per heavy atom. The number of fused-ring (bicyclic) bond motifs is 1. The van der Waals surface area contributed by atoms with E-state index in [-0.39, 0.29) is 4.24 Å². The smallest absolute Gasteiger partial charge is 0.258 e. The zero-order valence-corrected chi connectivity index (χ0v) is 15.1. The Morgan fingerprint density at radius 1 is 1.19 bits per heavy atom. The van der Waals surface area contributed by atoms with Crippen molar-refractivity contribution >= 4 is 31.5 Å². The second kappa shape index (κ2) is 6.61. The summed E-state index contributed by atoms with van der Waals surface area (Å²) in [6.45, 7) is 0. The van der Waals surface area contributed by atoms with Gasteiger partial charge < -0.3 is 0 Å². The SMILES string of the molecule is NNS(=O)(=O)C1=CC=CS1=Cc1cnc2ccc(-c3cccnc3)cn12. The predicted octanol–water partition coefficient (Wildman–Crippen LogP) is 1.98. The lowest BCUT2D eigenvalue weighted by molar-refractivity contribution is 0.592. The lowest BCUT2D eigenvalue weighted by Crippen LogP contribution is -2.30. The van der Waals surface area contributed by atoms with E-state index in [1.54, 1.807) is 30.7 Å². The van der Waals surface area contributed by atoms with Crippen LogP contribution in [-0.2, 0) is 10.0 Å². The zero-order valence-electron chi connectivity index (χ0n) is 13.5. The Balaban J connectivity index is 1.81. The molecule has 3 aromatic heterocycles. The lowest BCUT2D eigenvalue weighted by atomic mass is 10.1. The first kappa shape index (κ1) is 16.9. The van der Waals surface area contributed by atoms with Gasteiger partial charge >= 0.3 is 0 Å². The Morgan fingerprint density at radius 2 is 2.08 bits per heavy atom. The van der Waals surface area contributed by atoms with Gasteiger partial charge in [0.05, 0.1) is 11.9 Å². The van der Waals surface area contributed by atoms with Crippen LogP contribution in [0.25, 0.3) is 16.8 Å². The van der Waals surface area contributed by atoms with Crippen molar-refractivity contribution in [3.63, 3.8) is 0 Å². The molecule has 0 fully saturated rings. The predicted molar refractivity (Wildman–Crippen MR) is 105 cm³/mol. The molecule has 3 N–H and O–H groups in total. The van der Waals surface area contributed by atoms with Gasteiger partial charge in [0.15, 0.2) is 0 Å². The minimum absolute atomic E-state index is 0.235. The maximum absolute atomic E-state index is 12.1. The van der Waals surface area contributed by atoms with E-state index >= 15 is 0 Å². The zero-order chi connectivity index (χ0) is 18.1. The molecule has 7 nitrogen and oxygen atoms in total. The molecule has 1 aliphatic heterocycles. The highest BCUT2D eigenvalue weighted by molar-refractivity contribution is 8.30. The summed E-state index contributed by atoms with van der Waals surface area (Å²) in [4.78, 5) is 10.4. The van der Waals surface area contributed by atoms with E-state index in [9.17, 15) is 8.42 Å². The Labute approximate surface area is 152 Å². The van der Waals surface area contributed by atoms with E-state index in [2.05, 4.69) is 9.97 Å². The van der Waals surface area contributed by atoms with Gasteiger partial charge in [-0.15, -0.1) is 15.3 Å². The number of hydrogen-bond acceptors (Lipinski definition) is 5. The third-order valence-electron chi connectivity index (χ3n) is 3.89. The summed E-state index contributed by atoms with van der Waals surface area (Å²) in [6.07, 6.45) is 10.5. The fourth-order valence-electron chi connectivity index (χ4n) is 2.64. The maximum Gasteiger partial charge on any atom is 0.258 e. The highest BCUT2D eigenvalue weighted by Crippen LogP contribution is 2.35. The first-order valence-corrected chi connectivity index (χ1v) is 10.5. The summed E-state index contributed by atoms with van der Waals surface area (Å²) in [5, 5.41) is 3.70. The normalized spacial score (nSPS) is 17.1. The van der Waals surface area contributed by atoms with Crippen LogP contribution in [0.5, 0.6) is 0 Å². The summed E-state index contributed by atoms with van der Waals surface area (Å²) >= 11 is 0. The minimum atomic E-state index is -3.69. The number of hydrazine groups is 1. The molecule has 1 aliphatic rings. The van der Waals surface area contributed by atoms with E-state index in [1.807, 2.05) is 50.5 Å². The molecule has 0 bridgehead atoms. The van der Waals surface area contributed by atoms with Gasteiger partial charge in [-0.05, 0) is 35.1 Å². The van der Waals surface area contributed by atoms with Gasteiger partial charge in [0.1, 0.15) is 9.88 Å². The first-order valence-electron chi connectivity index (χ1n) is 7.64. The van der Waals surface area contributed by atoms with Crippen molar-refractivity contribution in [3.8, 4) is 11.1 Å². The molecule has 132 valence electrons. The van der Waals surface area contributed by atoms with Crippen LogP contribution in [0.1, 0.15) is 5.69 Å². The number of rotatable bonds is 4. The monoisotopic (exact) mass is 385 g/mol. The number of sulfonamides is 1. The van der Waals surface area contributed by atoms with Crippen LogP contribution in [0, 0.1) is 0 Å². The highest BCUT2D eigenvalue weighted by atomic mass is 32.3. The van der Waals surface area contributed by atoms with Gasteiger partial charge in [0, 0.05) is 29.7 Å². The van der Waals surface area contributed by atoms with Crippen molar-refractivity contribution in [3.05, 3.63) is 76.5 Å². The Bertz CT molecular complexity index is 1180. The number of pyridine rings is 2. The second-order valence-electron chi connectivity index (χ2n) is 5.50. The molecule has 0 aliphatic carbocycles. The van der Waals surface area contributed by atoms with Gasteiger partial charge in [0.2, 0.25) is 0 Å². The van der Waals surface area contributed by atoms with Crippen LogP contribution >= 0.6 is 10.5 Å². The molecule has 0 spiro atoms. The number of nitrogens with two attached hydrogens (primary N) is 1. The summed E-state index contributed by atoms with van der Waals surface area (Å²) in [5.74, 6) is 5.16. The summed E-state index contributed by atoms with van der Waals surface area (Å²) in [6, 6.07) is 7.76. The van der Waals surface area contributed by atoms with Gasteiger partial charge in [-0.3, -0.25) is 15.2 Å². The molecular weight excluding hydrogens is 370 g/mol. The van der Waals surface area contributed by atoms with Gasteiger partial charge in [-0.2, -0.15) is 0 Å². The number of nitrogens with zero attached hydrogens (tertiary/aromatic N) is 3. The standard InChI is InChI=1S/C17H15N5O2S2/c18-21-26(23,24)17-4-2-8-25(17)12-15-10-20-16-6-5-14(11-22(15)16)13-3-1-7-19-9-13/h1-12,21H,18H2. The molecule has 4 heterocycles. The quantitative estimate of drug-likeness (QED) is 0.406. The average Bonchev–Trinajstić information content (AvgIpc) is 3.30. The van der Waals surface area contributed by atoms with Crippen LogP contribution in [0.15, 0.2) is 70.9 Å². The van der Waals surface area contributed by atoms with E-state index in [0.717, 1.165) is 22.5 Å². The maximum atomic E-state index is 12.1. The molecular formula is C17H15N5O2S2. The molecule has 4 rings (SSSR count). The molecule has 0 aromatic carbocycles. The summed E-state index contributed by atoms with van der Waals surface area (Å²) < 4.78 is 26.3. The summed E-state index contributed by atoms with van der Waals surface area (Å²) in [5.41, 5.74) is 3.57. The van der Waals surface area contributed by atoms with Gasteiger partial charge in [-0.25, -0.2) is 13.4 Å². The first-order chi connectivity index (χ1) is 12.6. The van der Waals surface area contributed by atoms with Crippen molar-refractivity contribution in [1.82, 2.24) is 19.2 Å². The van der Waals surface area contributed by atoms with Crippen molar-refractivity contribution in [1.29, 1.82) is 0 Å². The Kier molecular flexibility index (Phi) is 4.29. The van der Waals surface area contributed by atoms with Crippen LogP contribution in [0.3, 0.4) is 0 Å². The molecule has 0 amide bonds. The number of aromatic nitrogens is 3. The largest absolute Gasteiger partial charge is 0.299 e. The average molecular weight is 385 g/mol.